The van der Waals surface area contributed by atoms with Crippen molar-refractivity contribution in [2.24, 2.45) is 0 Å². The van der Waals surface area contributed by atoms with Crippen LogP contribution in [0.2, 0.25) is 0 Å². The molecule has 156 valence electrons. The predicted molar refractivity (Wildman–Crippen MR) is 111 cm³/mol. The average Bonchev–Trinajstić information content (AvgIpc) is 3.09. The molecule has 9 heteroatoms. The molecule has 1 fully saturated rings. The monoisotopic (exact) mass is 409 g/mol. The largest absolute Gasteiger partial charge is 0.381 e. The molecule has 1 aliphatic heterocycles. The van der Waals surface area contributed by atoms with Crippen LogP contribution in [0.15, 0.2) is 6.20 Å². The molecule has 3 rings (SSSR count). The Morgan fingerprint density at radius 3 is 2.71 bits per heavy atom. The van der Waals surface area contributed by atoms with Gasteiger partial charge >= 0.3 is 0 Å². The first-order chi connectivity index (χ1) is 13.4. The number of aryl methyl sites for hydroxylation is 2. The molecule has 0 unspecified atom stereocenters. The number of sulfonamides is 1. The summed E-state index contributed by atoms with van der Waals surface area (Å²) < 4.78 is 34.7. The second-order valence-corrected chi connectivity index (χ2v) is 9.20. The van der Waals surface area contributed by atoms with Crippen molar-refractivity contribution in [1.29, 1.82) is 0 Å². The van der Waals surface area contributed by atoms with Gasteiger partial charge < -0.3 is 10.1 Å². The van der Waals surface area contributed by atoms with Crippen molar-refractivity contribution in [1.82, 2.24) is 19.5 Å². The SMILES string of the molecule is CCCCS(=O)(=O)NCc1c(C)nc2c(cnn2CC)c1NC1CCOCC1. The standard InChI is InChI=1S/C19H31N5O3S/c1-4-6-11-28(25,26)21-13-16-14(3)22-19-17(12-20-24(19)5-2)18(16)23-15-7-9-27-10-8-15/h12,15,21H,4-11,13H2,1-3H3,(H,22,23). The lowest BCUT2D eigenvalue weighted by Gasteiger charge is -2.26. The van der Waals surface area contributed by atoms with Gasteiger partial charge in [-0.25, -0.2) is 22.8 Å². The van der Waals surface area contributed by atoms with Crippen molar-refractivity contribution >= 4 is 26.7 Å². The van der Waals surface area contributed by atoms with E-state index in [2.05, 4.69) is 15.1 Å². The molecule has 0 spiro atoms. The van der Waals surface area contributed by atoms with Gasteiger partial charge in [0.1, 0.15) is 0 Å². The molecule has 3 heterocycles. The molecule has 0 atom stereocenters. The number of hydrogen-bond acceptors (Lipinski definition) is 6. The number of unbranched alkanes of at least 4 members (excludes halogenated alkanes) is 1. The molecule has 1 saturated heterocycles. The van der Waals surface area contributed by atoms with Crippen LogP contribution in [-0.2, 0) is 27.8 Å². The number of rotatable bonds is 9. The van der Waals surface area contributed by atoms with Gasteiger partial charge in [-0.15, -0.1) is 0 Å². The zero-order valence-electron chi connectivity index (χ0n) is 17.0. The molecule has 2 N–H and O–H groups in total. The predicted octanol–water partition coefficient (Wildman–Crippen LogP) is 2.57. The van der Waals surface area contributed by atoms with Gasteiger partial charge in [0.2, 0.25) is 10.0 Å². The lowest BCUT2D eigenvalue weighted by molar-refractivity contribution is 0.0904. The van der Waals surface area contributed by atoms with Gasteiger partial charge in [-0.1, -0.05) is 13.3 Å². The van der Waals surface area contributed by atoms with Crippen molar-refractivity contribution in [2.45, 2.75) is 65.6 Å². The zero-order chi connectivity index (χ0) is 20.1. The number of pyridine rings is 1. The number of anilines is 1. The maximum Gasteiger partial charge on any atom is 0.211 e. The van der Waals surface area contributed by atoms with E-state index < -0.39 is 10.0 Å². The Labute approximate surface area is 167 Å². The Morgan fingerprint density at radius 2 is 2.04 bits per heavy atom. The Balaban J connectivity index is 1.94. The second kappa shape index (κ2) is 9.19. The molecule has 1 aliphatic rings. The van der Waals surface area contributed by atoms with E-state index in [1.807, 2.05) is 31.6 Å². The molecular weight excluding hydrogens is 378 g/mol. The first kappa shape index (κ1) is 21.0. The summed E-state index contributed by atoms with van der Waals surface area (Å²) in [6.45, 7) is 8.37. The molecule has 0 aromatic carbocycles. The minimum atomic E-state index is -3.31. The Morgan fingerprint density at radius 1 is 1.29 bits per heavy atom. The van der Waals surface area contributed by atoms with E-state index >= 15 is 0 Å². The summed E-state index contributed by atoms with van der Waals surface area (Å²) in [5.41, 5.74) is 3.46. The molecule has 2 aromatic heterocycles. The number of nitrogens with one attached hydrogen (secondary N) is 2. The molecule has 0 radical (unpaired) electrons. The summed E-state index contributed by atoms with van der Waals surface area (Å²) in [5.74, 6) is 0.148. The fraction of sp³-hybridized carbons (Fsp3) is 0.684. The highest BCUT2D eigenvalue weighted by Crippen LogP contribution is 2.30. The summed E-state index contributed by atoms with van der Waals surface area (Å²) in [7, 11) is -3.31. The van der Waals surface area contributed by atoms with Gasteiger partial charge in [0.05, 0.1) is 23.0 Å². The van der Waals surface area contributed by atoms with Crippen LogP contribution in [0, 0.1) is 6.92 Å². The van der Waals surface area contributed by atoms with E-state index in [4.69, 9.17) is 9.72 Å². The van der Waals surface area contributed by atoms with E-state index in [1.165, 1.54) is 0 Å². The highest BCUT2D eigenvalue weighted by atomic mass is 32.2. The Hall–Kier alpha value is -1.71. The highest BCUT2D eigenvalue weighted by Gasteiger charge is 2.21. The van der Waals surface area contributed by atoms with E-state index in [0.29, 0.717) is 12.5 Å². The van der Waals surface area contributed by atoms with Gasteiger partial charge in [-0.05, 0) is 33.1 Å². The smallest absolute Gasteiger partial charge is 0.211 e. The van der Waals surface area contributed by atoms with Crippen LogP contribution in [0.1, 0.15) is 50.8 Å². The molecule has 28 heavy (non-hydrogen) atoms. The van der Waals surface area contributed by atoms with Gasteiger partial charge in [0, 0.05) is 43.6 Å². The van der Waals surface area contributed by atoms with Crippen molar-refractivity contribution < 1.29 is 13.2 Å². The van der Waals surface area contributed by atoms with Crippen LogP contribution in [0.3, 0.4) is 0 Å². The number of nitrogens with zero attached hydrogens (tertiary/aromatic N) is 3. The van der Waals surface area contributed by atoms with E-state index in [-0.39, 0.29) is 12.3 Å². The molecular formula is C19H31N5O3S. The first-order valence-electron chi connectivity index (χ1n) is 10.1. The topological polar surface area (TPSA) is 98.1 Å². The van der Waals surface area contributed by atoms with E-state index in [9.17, 15) is 8.42 Å². The van der Waals surface area contributed by atoms with Crippen molar-refractivity contribution in [3.05, 3.63) is 17.5 Å². The molecule has 8 nitrogen and oxygen atoms in total. The van der Waals surface area contributed by atoms with Crippen molar-refractivity contribution in [2.75, 3.05) is 24.3 Å². The number of fused-ring (bicyclic) bond motifs is 1. The normalized spacial score (nSPS) is 16.0. The van der Waals surface area contributed by atoms with Gasteiger partial charge in [-0.3, -0.25) is 0 Å². The van der Waals surface area contributed by atoms with E-state index in [1.54, 1.807) is 0 Å². The number of ether oxygens (including phenoxy) is 1. The quantitative estimate of drug-likeness (QED) is 0.661. The zero-order valence-corrected chi connectivity index (χ0v) is 17.8. The second-order valence-electron chi connectivity index (χ2n) is 7.27. The Bertz CT molecular complexity index is 904. The lowest BCUT2D eigenvalue weighted by atomic mass is 10.1. The van der Waals surface area contributed by atoms with Gasteiger partial charge in [-0.2, -0.15) is 5.10 Å². The lowest BCUT2D eigenvalue weighted by Crippen LogP contribution is -2.30. The maximum atomic E-state index is 12.3. The summed E-state index contributed by atoms with van der Waals surface area (Å²) in [5, 5.41) is 9.02. The van der Waals surface area contributed by atoms with Crippen LogP contribution in [0.25, 0.3) is 11.0 Å². The summed E-state index contributed by atoms with van der Waals surface area (Å²) in [4.78, 5) is 4.72. The average molecular weight is 410 g/mol. The molecule has 2 aromatic rings. The molecule has 0 amide bonds. The highest BCUT2D eigenvalue weighted by molar-refractivity contribution is 7.89. The van der Waals surface area contributed by atoms with Crippen molar-refractivity contribution in [3.8, 4) is 0 Å². The number of aromatic nitrogens is 3. The summed E-state index contributed by atoms with van der Waals surface area (Å²) in [6, 6.07) is 0.291. The third-order valence-corrected chi connectivity index (χ3v) is 6.61. The van der Waals surface area contributed by atoms with E-state index in [0.717, 1.165) is 67.0 Å². The molecule has 0 bridgehead atoms. The third kappa shape index (κ3) is 4.82. The van der Waals surface area contributed by atoms with Gasteiger partial charge in [0.25, 0.3) is 0 Å². The fourth-order valence-electron chi connectivity index (χ4n) is 3.49. The van der Waals surface area contributed by atoms with Crippen LogP contribution in [-0.4, -0.2) is 48.2 Å². The fourth-order valence-corrected chi connectivity index (χ4v) is 4.67. The summed E-state index contributed by atoms with van der Waals surface area (Å²) >= 11 is 0. The minimum Gasteiger partial charge on any atom is -0.381 e. The van der Waals surface area contributed by atoms with Crippen molar-refractivity contribution in [3.63, 3.8) is 0 Å². The number of hydrogen-bond donors (Lipinski definition) is 2. The molecule has 0 saturated carbocycles. The molecule has 0 aliphatic carbocycles. The van der Waals surface area contributed by atoms with Crippen LogP contribution in [0.4, 0.5) is 5.69 Å². The van der Waals surface area contributed by atoms with Gasteiger partial charge in [0.15, 0.2) is 5.65 Å². The Kier molecular flexibility index (Phi) is 6.90. The van der Waals surface area contributed by atoms with Crippen LogP contribution in [0.5, 0.6) is 0 Å². The third-order valence-electron chi connectivity index (χ3n) is 5.20. The first-order valence-corrected chi connectivity index (χ1v) is 11.8. The maximum absolute atomic E-state index is 12.3. The summed E-state index contributed by atoms with van der Waals surface area (Å²) in [6.07, 6.45) is 5.17. The van der Waals surface area contributed by atoms with Crippen LogP contribution >= 0.6 is 0 Å². The van der Waals surface area contributed by atoms with Crippen LogP contribution < -0.4 is 10.0 Å². The minimum absolute atomic E-state index is 0.148.